The first kappa shape index (κ1) is 13.5. The lowest BCUT2D eigenvalue weighted by atomic mass is 10.2. The Morgan fingerprint density at radius 3 is 2.89 bits per heavy atom. The largest absolute Gasteiger partial charge is 0.508 e. The Hall–Kier alpha value is -1.95. The van der Waals surface area contributed by atoms with Crippen LogP contribution in [0.1, 0.15) is 22.3 Å². The van der Waals surface area contributed by atoms with Crippen molar-refractivity contribution >= 4 is 17.3 Å². The van der Waals surface area contributed by atoms with E-state index in [0.717, 1.165) is 6.07 Å². The number of nitrogens with zero attached hydrogens (tertiary/aromatic N) is 1. The molecular formula is C13H12FNO3S. The Balaban J connectivity index is 2.42. The molecule has 0 spiro atoms. The van der Waals surface area contributed by atoms with Crippen molar-refractivity contribution in [2.45, 2.75) is 13.8 Å². The SMILES string of the molecule is CCOC(=O)c1nc(-c2ccc(O)cc2F)sc1C. The summed E-state index contributed by atoms with van der Waals surface area (Å²) in [6.07, 6.45) is 0. The number of phenolic OH excluding ortho intramolecular Hbond substituents is 1. The third-order valence-corrected chi connectivity index (χ3v) is 3.45. The normalized spacial score (nSPS) is 10.5. The molecule has 0 fully saturated rings. The summed E-state index contributed by atoms with van der Waals surface area (Å²) in [5.41, 5.74) is 0.454. The van der Waals surface area contributed by atoms with Crippen molar-refractivity contribution in [3.8, 4) is 16.3 Å². The van der Waals surface area contributed by atoms with Crippen LogP contribution in [-0.2, 0) is 4.74 Å². The Kier molecular flexibility index (Phi) is 3.80. The molecule has 0 aliphatic rings. The number of carbonyl (C=O) groups is 1. The maximum Gasteiger partial charge on any atom is 0.358 e. The zero-order valence-electron chi connectivity index (χ0n) is 10.4. The number of thiazole rings is 1. The first-order valence-electron chi connectivity index (χ1n) is 5.66. The predicted molar refractivity (Wildman–Crippen MR) is 69.9 cm³/mol. The summed E-state index contributed by atoms with van der Waals surface area (Å²) in [6.45, 7) is 3.70. The Labute approximate surface area is 113 Å². The maximum atomic E-state index is 13.7. The van der Waals surface area contributed by atoms with Crippen LogP contribution < -0.4 is 0 Å². The van der Waals surface area contributed by atoms with Gasteiger partial charge in [0.2, 0.25) is 0 Å². The average molecular weight is 281 g/mol. The first-order valence-corrected chi connectivity index (χ1v) is 6.48. The van der Waals surface area contributed by atoms with Gasteiger partial charge in [0, 0.05) is 16.5 Å². The minimum Gasteiger partial charge on any atom is -0.508 e. The van der Waals surface area contributed by atoms with Crippen molar-refractivity contribution in [3.63, 3.8) is 0 Å². The molecule has 0 aliphatic heterocycles. The third kappa shape index (κ3) is 2.73. The van der Waals surface area contributed by atoms with E-state index in [-0.39, 0.29) is 23.6 Å². The van der Waals surface area contributed by atoms with Crippen molar-refractivity contribution in [1.29, 1.82) is 0 Å². The number of aryl methyl sites for hydroxylation is 1. The molecule has 0 saturated heterocycles. The van der Waals surface area contributed by atoms with E-state index in [0.29, 0.717) is 9.88 Å². The molecule has 100 valence electrons. The molecule has 19 heavy (non-hydrogen) atoms. The number of esters is 1. The zero-order valence-corrected chi connectivity index (χ0v) is 11.3. The van der Waals surface area contributed by atoms with Gasteiger partial charge < -0.3 is 9.84 Å². The van der Waals surface area contributed by atoms with Gasteiger partial charge >= 0.3 is 5.97 Å². The number of hydrogen-bond donors (Lipinski definition) is 1. The molecule has 0 aliphatic carbocycles. The van der Waals surface area contributed by atoms with Crippen molar-refractivity contribution < 1.29 is 19.0 Å². The minimum atomic E-state index is -0.579. The van der Waals surface area contributed by atoms with Crippen LogP contribution >= 0.6 is 11.3 Å². The Morgan fingerprint density at radius 1 is 1.53 bits per heavy atom. The summed E-state index contributed by atoms with van der Waals surface area (Å²) in [5.74, 6) is -1.24. The smallest absolute Gasteiger partial charge is 0.358 e. The molecule has 0 bridgehead atoms. The lowest BCUT2D eigenvalue weighted by molar-refractivity contribution is 0.0519. The van der Waals surface area contributed by atoms with Crippen LogP contribution in [0.3, 0.4) is 0 Å². The monoisotopic (exact) mass is 281 g/mol. The highest BCUT2D eigenvalue weighted by molar-refractivity contribution is 7.15. The highest BCUT2D eigenvalue weighted by atomic mass is 32.1. The van der Waals surface area contributed by atoms with Gasteiger partial charge in [0.1, 0.15) is 16.6 Å². The molecule has 2 aromatic rings. The van der Waals surface area contributed by atoms with E-state index in [1.54, 1.807) is 13.8 Å². The van der Waals surface area contributed by atoms with Crippen LogP contribution in [0.4, 0.5) is 4.39 Å². The fraction of sp³-hybridized carbons (Fsp3) is 0.231. The van der Waals surface area contributed by atoms with Gasteiger partial charge in [-0.05, 0) is 26.0 Å². The second kappa shape index (κ2) is 5.36. The predicted octanol–water partition coefficient (Wildman–Crippen LogP) is 3.14. The molecule has 4 nitrogen and oxygen atoms in total. The van der Waals surface area contributed by atoms with E-state index >= 15 is 0 Å². The number of aromatic nitrogens is 1. The fourth-order valence-corrected chi connectivity index (χ4v) is 2.51. The topological polar surface area (TPSA) is 59.4 Å². The molecule has 1 aromatic heterocycles. The molecule has 1 heterocycles. The van der Waals surface area contributed by atoms with Gasteiger partial charge in [-0.2, -0.15) is 0 Å². The fourth-order valence-electron chi connectivity index (χ4n) is 1.58. The summed E-state index contributed by atoms with van der Waals surface area (Å²) in [5, 5.41) is 9.56. The first-order chi connectivity index (χ1) is 9.02. The van der Waals surface area contributed by atoms with Crippen molar-refractivity contribution in [3.05, 3.63) is 34.6 Å². The zero-order chi connectivity index (χ0) is 14.0. The number of rotatable bonds is 3. The van der Waals surface area contributed by atoms with Crippen LogP contribution in [0.25, 0.3) is 10.6 Å². The summed E-state index contributed by atoms with van der Waals surface area (Å²) in [4.78, 5) is 16.4. The van der Waals surface area contributed by atoms with Crippen LogP contribution in [0.15, 0.2) is 18.2 Å². The number of carbonyl (C=O) groups excluding carboxylic acids is 1. The summed E-state index contributed by atoms with van der Waals surface area (Å²) < 4.78 is 18.6. The molecule has 1 N–H and O–H groups in total. The molecule has 0 atom stereocenters. The minimum absolute atomic E-state index is 0.153. The lowest BCUT2D eigenvalue weighted by Crippen LogP contribution is -2.06. The van der Waals surface area contributed by atoms with Crippen LogP contribution in [0.2, 0.25) is 0 Å². The lowest BCUT2D eigenvalue weighted by Gasteiger charge is -1.99. The number of phenols is 1. The van der Waals surface area contributed by atoms with E-state index in [1.165, 1.54) is 23.5 Å². The summed E-state index contributed by atoms with van der Waals surface area (Å²) >= 11 is 1.21. The summed E-state index contributed by atoms with van der Waals surface area (Å²) in [6, 6.07) is 3.81. The van der Waals surface area contributed by atoms with Crippen LogP contribution in [-0.4, -0.2) is 22.7 Å². The van der Waals surface area contributed by atoms with Gasteiger partial charge in [-0.1, -0.05) is 0 Å². The highest BCUT2D eigenvalue weighted by Gasteiger charge is 2.19. The summed E-state index contributed by atoms with van der Waals surface area (Å²) in [7, 11) is 0. The quantitative estimate of drug-likeness (QED) is 0.878. The van der Waals surface area contributed by atoms with Crippen LogP contribution in [0.5, 0.6) is 5.75 Å². The van der Waals surface area contributed by atoms with Crippen molar-refractivity contribution in [2.24, 2.45) is 0 Å². The molecule has 1 aromatic carbocycles. The molecule has 6 heteroatoms. The Morgan fingerprint density at radius 2 is 2.26 bits per heavy atom. The van der Waals surface area contributed by atoms with Crippen molar-refractivity contribution in [1.82, 2.24) is 4.98 Å². The van der Waals surface area contributed by atoms with Crippen LogP contribution in [0, 0.1) is 12.7 Å². The van der Waals surface area contributed by atoms with E-state index in [2.05, 4.69) is 4.98 Å². The van der Waals surface area contributed by atoms with E-state index < -0.39 is 11.8 Å². The highest BCUT2D eigenvalue weighted by Crippen LogP contribution is 2.31. The van der Waals surface area contributed by atoms with E-state index in [9.17, 15) is 14.3 Å². The number of hydrogen-bond acceptors (Lipinski definition) is 5. The third-order valence-electron chi connectivity index (χ3n) is 2.45. The molecule has 0 amide bonds. The van der Waals surface area contributed by atoms with Gasteiger partial charge in [-0.25, -0.2) is 14.2 Å². The van der Waals surface area contributed by atoms with Gasteiger partial charge in [0.15, 0.2) is 5.69 Å². The van der Waals surface area contributed by atoms with Crippen molar-refractivity contribution in [2.75, 3.05) is 6.61 Å². The second-order valence-corrected chi connectivity index (χ2v) is 5.01. The maximum absolute atomic E-state index is 13.7. The standard InChI is InChI=1S/C13H12FNO3S/c1-3-18-13(17)11-7(2)19-12(15-11)9-5-4-8(16)6-10(9)14/h4-6,16H,3H2,1-2H3. The number of benzene rings is 1. The molecular weight excluding hydrogens is 269 g/mol. The van der Waals surface area contributed by atoms with E-state index in [1.807, 2.05) is 0 Å². The second-order valence-electron chi connectivity index (χ2n) is 3.81. The van der Waals surface area contributed by atoms with Gasteiger partial charge in [-0.15, -0.1) is 11.3 Å². The van der Waals surface area contributed by atoms with Gasteiger partial charge in [0.05, 0.1) is 6.61 Å². The van der Waals surface area contributed by atoms with Gasteiger partial charge in [0.25, 0.3) is 0 Å². The Bertz CT molecular complexity index is 624. The number of ether oxygens (including phenoxy) is 1. The van der Waals surface area contributed by atoms with E-state index in [4.69, 9.17) is 4.74 Å². The molecule has 0 saturated carbocycles. The number of aromatic hydroxyl groups is 1. The molecule has 0 radical (unpaired) electrons. The molecule has 2 rings (SSSR count). The van der Waals surface area contributed by atoms with Gasteiger partial charge in [-0.3, -0.25) is 0 Å². The number of halogens is 1. The average Bonchev–Trinajstić information content (AvgIpc) is 2.71. The molecule has 0 unspecified atom stereocenters.